The molecule has 10 heteroatoms. The molecule has 0 aromatic rings. The molecule has 0 amide bonds. The molecular formula is C71H153N8O2+7. The molecule has 1 fully saturated rings. The van der Waals surface area contributed by atoms with Crippen LogP contribution in [0.15, 0.2) is 12.2 Å². The van der Waals surface area contributed by atoms with Gasteiger partial charge in [0.25, 0.3) is 0 Å². The Hall–Kier alpha value is -1.11. The molecule has 1 aliphatic heterocycles. The molecule has 1 rings (SSSR count). The van der Waals surface area contributed by atoms with Gasteiger partial charge in [-0.3, -0.25) is 0 Å². The number of carbonyl (C=O) groups is 1. The maximum atomic E-state index is 12.1. The number of nitrogens with one attached hydrogen (secondary N) is 1. The first kappa shape index (κ1) is 77.9. The van der Waals surface area contributed by atoms with Crippen molar-refractivity contribution >= 4 is 5.97 Å². The number of quaternary nitrogens is 7. The number of hydrogen-bond donors (Lipinski definition) is 1. The summed E-state index contributed by atoms with van der Waals surface area (Å²) in [6.45, 7) is 38.7. The van der Waals surface area contributed by atoms with Crippen LogP contribution in [-0.4, -0.2) is 244 Å². The number of nitrogens with zero attached hydrogens (tertiary/aromatic N) is 7. The van der Waals surface area contributed by atoms with Gasteiger partial charge in [-0.1, -0.05) is 136 Å². The van der Waals surface area contributed by atoms with E-state index in [1.54, 1.807) is 6.92 Å². The highest BCUT2D eigenvalue weighted by molar-refractivity contribution is 5.86. The maximum absolute atomic E-state index is 12.1. The molecule has 0 radical (unpaired) electrons. The zero-order valence-electron chi connectivity index (χ0n) is 59.3. The Kier molecular flexibility index (Phi) is 38.1. The van der Waals surface area contributed by atoms with Gasteiger partial charge in [0, 0.05) is 42.3 Å². The van der Waals surface area contributed by atoms with E-state index >= 15 is 0 Å². The summed E-state index contributed by atoms with van der Waals surface area (Å²) in [5.74, 6) is -0.269. The van der Waals surface area contributed by atoms with Gasteiger partial charge in [0.1, 0.15) is 65.5 Å². The smallest absolute Gasteiger partial charge is 0.333 e. The minimum Gasteiger partial charge on any atom is -0.456 e. The van der Waals surface area contributed by atoms with E-state index in [4.69, 9.17) is 4.74 Å². The molecule has 1 aliphatic rings. The zero-order chi connectivity index (χ0) is 61.2. The van der Waals surface area contributed by atoms with E-state index in [1.165, 1.54) is 282 Å². The number of esters is 1. The molecule has 1 N–H and O–H groups in total. The van der Waals surface area contributed by atoms with Crippen molar-refractivity contribution in [1.82, 2.24) is 5.32 Å². The van der Waals surface area contributed by atoms with Crippen molar-refractivity contribution in [2.45, 2.75) is 258 Å². The molecule has 2 atom stereocenters. The van der Waals surface area contributed by atoms with Gasteiger partial charge in [-0.25, -0.2) is 4.79 Å². The summed E-state index contributed by atoms with van der Waals surface area (Å²) >= 11 is 0. The van der Waals surface area contributed by atoms with Crippen molar-refractivity contribution < 1.29 is 40.9 Å². The lowest BCUT2D eigenvalue weighted by atomic mass is 9.78. The number of hydrogen-bond acceptors (Lipinski definition) is 3. The Bertz CT molecular complexity index is 1610. The summed E-state index contributed by atoms with van der Waals surface area (Å²) in [4.78, 5) is 12.1. The Balaban J connectivity index is 2.70. The fourth-order valence-corrected chi connectivity index (χ4v) is 13.4. The first-order valence-corrected chi connectivity index (χ1v) is 35.1. The van der Waals surface area contributed by atoms with Crippen LogP contribution in [0.2, 0.25) is 0 Å². The van der Waals surface area contributed by atoms with Crippen LogP contribution in [0.5, 0.6) is 0 Å². The molecule has 0 saturated carbocycles. The van der Waals surface area contributed by atoms with E-state index in [1.807, 2.05) is 0 Å². The third kappa shape index (κ3) is 40.1. The van der Waals surface area contributed by atoms with Crippen molar-refractivity contribution in [2.24, 2.45) is 0 Å². The van der Waals surface area contributed by atoms with Gasteiger partial charge >= 0.3 is 5.97 Å². The van der Waals surface area contributed by atoms with Crippen LogP contribution < -0.4 is 5.32 Å². The third-order valence-corrected chi connectivity index (χ3v) is 20.0. The van der Waals surface area contributed by atoms with Gasteiger partial charge in [0.2, 0.25) is 0 Å². The lowest BCUT2D eigenvalue weighted by Crippen LogP contribution is -2.65. The van der Waals surface area contributed by atoms with Gasteiger partial charge in [0.05, 0.1) is 130 Å². The van der Waals surface area contributed by atoms with Crippen LogP contribution in [0.4, 0.5) is 0 Å². The second-order valence-electron chi connectivity index (χ2n) is 32.7. The highest BCUT2D eigenvalue weighted by Crippen LogP contribution is 2.34. The van der Waals surface area contributed by atoms with E-state index in [-0.39, 0.29) is 17.0 Å². The molecule has 1 heterocycles. The number of rotatable bonds is 53. The first-order chi connectivity index (χ1) is 37.7. The Morgan fingerprint density at radius 1 is 0.383 bits per heavy atom. The van der Waals surface area contributed by atoms with E-state index in [9.17, 15) is 4.79 Å². The molecule has 0 aromatic heterocycles. The first-order valence-electron chi connectivity index (χ1n) is 35.1. The van der Waals surface area contributed by atoms with E-state index < -0.39 is 0 Å². The standard InChI is InChI=1S/C71H153N8O2/c1-21-23-25-27-29-31-33-35-41-45-53-78(19,61-57-75(13,14)51-47-48-52-77(17,18)68-65-70(5,6)72-71(7,8)66-68)59-55-73(9,10)49-43-39-37-38-40-44-50-74(11,12)56-60-79(20,54-46-42-36-34-32-30-28-26-24-22-2)62-58-76(15,16)63-64-81-69(80)67(3)4/h68,72H,3,21-66H2,1-2,4-20H3/q+7. The summed E-state index contributed by atoms with van der Waals surface area (Å²) in [5.41, 5.74) is 0.891. The predicted molar refractivity (Wildman–Crippen MR) is 357 cm³/mol. The summed E-state index contributed by atoms with van der Waals surface area (Å²) in [6, 6.07) is 0.718. The van der Waals surface area contributed by atoms with Gasteiger partial charge < -0.3 is 41.4 Å². The predicted octanol–water partition coefficient (Wildman–Crippen LogP) is 14.7. The highest BCUT2D eigenvalue weighted by atomic mass is 16.5. The molecule has 0 bridgehead atoms. The van der Waals surface area contributed by atoms with Crippen molar-refractivity contribution in [3.8, 4) is 0 Å². The Morgan fingerprint density at radius 3 is 0.951 bits per heavy atom. The van der Waals surface area contributed by atoms with Gasteiger partial charge in [-0.2, -0.15) is 0 Å². The largest absolute Gasteiger partial charge is 0.456 e. The monoisotopic (exact) mass is 1150 g/mol. The molecule has 81 heavy (non-hydrogen) atoms. The fourth-order valence-electron chi connectivity index (χ4n) is 13.4. The number of piperidine rings is 1. The molecule has 482 valence electrons. The summed E-state index contributed by atoms with van der Waals surface area (Å²) < 4.78 is 13.4. The Morgan fingerprint density at radius 2 is 0.642 bits per heavy atom. The molecule has 1 saturated heterocycles. The molecule has 0 aliphatic carbocycles. The minimum atomic E-state index is -0.269. The summed E-state index contributed by atoms with van der Waals surface area (Å²) in [5, 5.41) is 3.92. The van der Waals surface area contributed by atoms with E-state index in [0.717, 1.165) is 46.0 Å². The third-order valence-electron chi connectivity index (χ3n) is 20.0. The minimum absolute atomic E-state index is 0.205. The summed E-state index contributed by atoms with van der Waals surface area (Å²) in [6.07, 6.45) is 41.4. The highest BCUT2D eigenvalue weighted by Gasteiger charge is 2.44. The average Bonchev–Trinajstić information content (AvgIpc) is 3.36. The van der Waals surface area contributed by atoms with Crippen LogP contribution in [0.3, 0.4) is 0 Å². The lowest BCUT2D eigenvalue weighted by Gasteiger charge is -2.51. The number of carbonyl (C=O) groups excluding carboxylic acids is 1. The molecule has 0 aromatic carbocycles. The van der Waals surface area contributed by atoms with Crippen LogP contribution in [0.1, 0.15) is 241 Å². The molecule has 0 spiro atoms. The summed E-state index contributed by atoms with van der Waals surface area (Å²) in [7, 11) is 29.9. The van der Waals surface area contributed by atoms with Gasteiger partial charge in [0.15, 0.2) is 0 Å². The van der Waals surface area contributed by atoms with Gasteiger partial charge in [-0.15, -0.1) is 0 Å². The normalized spacial score (nSPS) is 17.1. The lowest BCUT2D eigenvalue weighted by molar-refractivity contribution is -0.977. The van der Waals surface area contributed by atoms with Crippen LogP contribution in [0, 0.1) is 0 Å². The number of unbranched alkanes of at least 4 members (excludes halogenated alkanes) is 24. The fraction of sp³-hybridized carbons (Fsp3) is 0.958. The SMILES string of the molecule is C=C(C)C(=O)OCC[N+](C)(C)CC[N+](C)(CCCCCCCCCCCC)CC[N+](C)(C)CCCCCCCC[N+](C)(C)CC[N+](C)(CCCCCCCCCCCC)CC[N+](C)(C)CCCC[N+](C)(C)C1CC(C)(C)NC(C)(C)C1. The van der Waals surface area contributed by atoms with Crippen molar-refractivity contribution in [2.75, 3.05) is 189 Å². The second-order valence-corrected chi connectivity index (χ2v) is 32.7. The van der Waals surface area contributed by atoms with Gasteiger partial charge in [-0.05, 0) is 86.0 Å². The quantitative estimate of drug-likeness (QED) is 0.0285. The van der Waals surface area contributed by atoms with E-state index in [2.05, 4.69) is 138 Å². The average molecular weight is 1150 g/mol. The van der Waals surface area contributed by atoms with Crippen molar-refractivity contribution in [3.63, 3.8) is 0 Å². The van der Waals surface area contributed by atoms with Crippen molar-refractivity contribution in [1.29, 1.82) is 0 Å². The molecular weight excluding hydrogens is 997 g/mol. The topological polar surface area (TPSA) is 38.3 Å². The number of ether oxygens (including phenoxy) is 1. The van der Waals surface area contributed by atoms with E-state index in [0.29, 0.717) is 12.2 Å². The van der Waals surface area contributed by atoms with Crippen LogP contribution >= 0.6 is 0 Å². The number of likely N-dealkylation sites (N-methyl/N-ethyl adjacent to an activating group) is 6. The van der Waals surface area contributed by atoms with Crippen LogP contribution in [0.25, 0.3) is 0 Å². The Labute approximate surface area is 509 Å². The van der Waals surface area contributed by atoms with Crippen molar-refractivity contribution in [3.05, 3.63) is 12.2 Å². The maximum Gasteiger partial charge on any atom is 0.333 e. The second kappa shape index (κ2) is 39.6. The molecule has 10 nitrogen and oxygen atoms in total. The van der Waals surface area contributed by atoms with Crippen LogP contribution in [-0.2, 0) is 9.53 Å². The zero-order valence-corrected chi connectivity index (χ0v) is 59.3. The molecule has 2 unspecified atom stereocenters.